The minimum absolute atomic E-state index is 0.419. The standard InChI is InChI=1S/C14H20N2S/c1-16(2)10-11-17-12-14-7-5-13(6-8-14)4-3-9-15/h5-8H,9-12,15H2,1-2H3. The molecule has 1 aromatic rings. The van der Waals surface area contributed by atoms with Gasteiger partial charge >= 0.3 is 0 Å². The number of hydrogen-bond acceptors (Lipinski definition) is 3. The van der Waals surface area contributed by atoms with Crippen molar-refractivity contribution in [2.24, 2.45) is 5.73 Å². The summed E-state index contributed by atoms with van der Waals surface area (Å²) in [4.78, 5) is 2.21. The summed E-state index contributed by atoms with van der Waals surface area (Å²) in [5.41, 5.74) is 7.72. The van der Waals surface area contributed by atoms with Crippen molar-refractivity contribution in [1.82, 2.24) is 4.90 Å². The van der Waals surface area contributed by atoms with E-state index in [9.17, 15) is 0 Å². The molecule has 92 valence electrons. The predicted molar refractivity (Wildman–Crippen MR) is 77.1 cm³/mol. The van der Waals surface area contributed by atoms with Crippen LogP contribution in [0.4, 0.5) is 0 Å². The maximum Gasteiger partial charge on any atom is 0.0555 e. The van der Waals surface area contributed by atoms with Gasteiger partial charge in [-0.1, -0.05) is 24.0 Å². The molecule has 0 bridgehead atoms. The van der Waals surface area contributed by atoms with Gasteiger partial charge in [0, 0.05) is 23.6 Å². The van der Waals surface area contributed by atoms with Crippen LogP contribution in [-0.4, -0.2) is 37.8 Å². The quantitative estimate of drug-likeness (QED) is 0.636. The van der Waals surface area contributed by atoms with Crippen LogP contribution in [0.25, 0.3) is 0 Å². The molecule has 0 amide bonds. The molecular weight excluding hydrogens is 228 g/mol. The van der Waals surface area contributed by atoms with E-state index in [1.54, 1.807) is 0 Å². The minimum atomic E-state index is 0.419. The number of hydrogen-bond donors (Lipinski definition) is 1. The van der Waals surface area contributed by atoms with E-state index >= 15 is 0 Å². The molecule has 1 aromatic carbocycles. The molecule has 3 heteroatoms. The molecule has 0 unspecified atom stereocenters. The topological polar surface area (TPSA) is 29.3 Å². The molecule has 0 heterocycles. The summed E-state index contributed by atoms with van der Waals surface area (Å²) in [6.07, 6.45) is 0. The molecule has 0 aliphatic heterocycles. The van der Waals surface area contributed by atoms with E-state index in [1.807, 2.05) is 11.8 Å². The molecule has 0 saturated heterocycles. The highest BCUT2D eigenvalue weighted by Crippen LogP contribution is 2.12. The Morgan fingerprint density at radius 2 is 1.94 bits per heavy atom. The number of nitrogens with two attached hydrogens (primary N) is 1. The van der Waals surface area contributed by atoms with E-state index in [4.69, 9.17) is 5.73 Å². The van der Waals surface area contributed by atoms with Crippen LogP contribution in [0.15, 0.2) is 24.3 Å². The van der Waals surface area contributed by atoms with Gasteiger partial charge in [0.2, 0.25) is 0 Å². The first-order valence-corrected chi connectivity index (χ1v) is 6.88. The molecule has 0 spiro atoms. The van der Waals surface area contributed by atoms with Crippen molar-refractivity contribution in [2.45, 2.75) is 5.75 Å². The Labute approximate surface area is 109 Å². The molecule has 0 aromatic heterocycles. The number of nitrogens with zero attached hydrogens (tertiary/aromatic N) is 1. The van der Waals surface area contributed by atoms with Crippen LogP contribution in [-0.2, 0) is 5.75 Å². The fourth-order valence-corrected chi connectivity index (χ4v) is 2.34. The molecule has 2 nitrogen and oxygen atoms in total. The molecular formula is C14H20N2S. The van der Waals surface area contributed by atoms with Gasteiger partial charge < -0.3 is 10.6 Å². The lowest BCUT2D eigenvalue weighted by molar-refractivity contribution is 0.437. The minimum Gasteiger partial charge on any atom is -0.320 e. The van der Waals surface area contributed by atoms with Gasteiger partial charge in [0.15, 0.2) is 0 Å². The van der Waals surface area contributed by atoms with E-state index < -0.39 is 0 Å². The van der Waals surface area contributed by atoms with Gasteiger partial charge in [0.05, 0.1) is 6.54 Å². The lowest BCUT2D eigenvalue weighted by atomic mass is 10.1. The van der Waals surface area contributed by atoms with E-state index in [1.165, 1.54) is 11.3 Å². The summed E-state index contributed by atoms with van der Waals surface area (Å²) in [7, 11) is 4.21. The zero-order valence-corrected chi connectivity index (χ0v) is 11.4. The Hall–Kier alpha value is -0.950. The normalized spacial score (nSPS) is 10.1. The predicted octanol–water partition coefficient (Wildman–Crippen LogP) is 1.79. The van der Waals surface area contributed by atoms with Crippen LogP contribution in [0.3, 0.4) is 0 Å². The van der Waals surface area contributed by atoms with E-state index in [0.717, 1.165) is 17.9 Å². The van der Waals surface area contributed by atoms with Crippen molar-refractivity contribution in [3.05, 3.63) is 35.4 Å². The second-order valence-corrected chi connectivity index (χ2v) is 5.16. The molecule has 0 atom stereocenters. The zero-order valence-electron chi connectivity index (χ0n) is 10.6. The maximum absolute atomic E-state index is 5.33. The molecule has 0 saturated carbocycles. The van der Waals surface area contributed by atoms with Gasteiger partial charge in [0.1, 0.15) is 0 Å². The lowest BCUT2D eigenvalue weighted by Crippen LogP contribution is -2.14. The first-order valence-electron chi connectivity index (χ1n) is 5.72. The highest BCUT2D eigenvalue weighted by atomic mass is 32.2. The van der Waals surface area contributed by atoms with Crippen molar-refractivity contribution in [3.8, 4) is 11.8 Å². The highest BCUT2D eigenvalue weighted by Gasteiger charge is 1.95. The summed E-state index contributed by atoms with van der Waals surface area (Å²) in [6.45, 7) is 1.55. The first-order chi connectivity index (χ1) is 8.22. The van der Waals surface area contributed by atoms with Crippen molar-refractivity contribution in [1.29, 1.82) is 0 Å². The smallest absolute Gasteiger partial charge is 0.0555 e. The van der Waals surface area contributed by atoms with Crippen molar-refractivity contribution < 1.29 is 0 Å². The summed E-state index contributed by atoms with van der Waals surface area (Å²) < 4.78 is 0. The number of rotatable bonds is 5. The van der Waals surface area contributed by atoms with Gasteiger partial charge in [-0.15, -0.1) is 0 Å². The Bertz CT molecular complexity index is 373. The Morgan fingerprint density at radius 1 is 1.24 bits per heavy atom. The fraction of sp³-hybridized carbons (Fsp3) is 0.429. The zero-order chi connectivity index (χ0) is 12.5. The average molecular weight is 248 g/mol. The molecule has 0 aliphatic rings. The van der Waals surface area contributed by atoms with E-state index in [0.29, 0.717) is 6.54 Å². The summed E-state index contributed by atoms with van der Waals surface area (Å²) in [5, 5.41) is 0. The Morgan fingerprint density at radius 3 is 2.53 bits per heavy atom. The largest absolute Gasteiger partial charge is 0.320 e. The van der Waals surface area contributed by atoms with Gasteiger partial charge in [-0.05, 0) is 31.8 Å². The van der Waals surface area contributed by atoms with Gasteiger partial charge in [-0.25, -0.2) is 0 Å². The van der Waals surface area contributed by atoms with Crippen LogP contribution in [0, 0.1) is 11.8 Å². The second-order valence-electron chi connectivity index (χ2n) is 4.06. The van der Waals surface area contributed by atoms with Crippen LogP contribution >= 0.6 is 11.8 Å². The molecule has 0 radical (unpaired) electrons. The van der Waals surface area contributed by atoms with Crippen molar-refractivity contribution in [2.75, 3.05) is 32.9 Å². The maximum atomic E-state index is 5.33. The average Bonchev–Trinajstić information content (AvgIpc) is 2.33. The third-order valence-electron chi connectivity index (χ3n) is 2.24. The third-order valence-corrected chi connectivity index (χ3v) is 3.25. The number of thioether (sulfide) groups is 1. The fourth-order valence-electron chi connectivity index (χ4n) is 1.27. The van der Waals surface area contributed by atoms with Gasteiger partial charge in [-0.3, -0.25) is 0 Å². The van der Waals surface area contributed by atoms with Crippen LogP contribution in [0.2, 0.25) is 0 Å². The number of benzene rings is 1. The van der Waals surface area contributed by atoms with Crippen LogP contribution in [0.5, 0.6) is 0 Å². The van der Waals surface area contributed by atoms with Crippen LogP contribution in [0.1, 0.15) is 11.1 Å². The van der Waals surface area contributed by atoms with Gasteiger partial charge in [0.25, 0.3) is 0 Å². The second kappa shape index (κ2) is 8.19. The molecule has 0 aliphatic carbocycles. The van der Waals surface area contributed by atoms with Crippen LogP contribution < -0.4 is 5.73 Å². The summed E-state index contributed by atoms with van der Waals surface area (Å²) >= 11 is 1.96. The van der Waals surface area contributed by atoms with E-state index in [2.05, 4.69) is 55.1 Å². The van der Waals surface area contributed by atoms with Gasteiger partial charge in [-0.2, -0.15) is 11.8 Å². The third kappa shape index (κ3) is 6.38. The molecule has 17 heavy (non-hydrogen) atoms. The Balaban J connectivity index is 2.35. The molecule has 2 N–H and O–H groups in total. The lowest BCUT2D eigenvalue weighted by Gasteiger charge is -2.08. The van der Waals surface area contributed by atoms with Crippen molar-refractivity contribution >= 4 is 11.8 Å². The molecule has 1 rings (SSSR count). The molecule has 0 fully saturated rings. The summed E-state index contributed by atoms with van der Waals surface area (Å²) in [6, 6.07) is 8.40. The first kappa shape index (κ1) is 14.1. The highest BCUT2D eigenvalue weighted by molar-refractivity contribution is 7.98. The SMILES string of the molecule is CN(C)CCSCc1ccc(C#CCN)cc1. The summed E-state index contributed by atoms with van der Waals surface area (Å²) in [5.74, 6) is 8.12. The Kier molecular flexibility index (Phi) is 6.80. The van der Waals surface area contributed by atoms with Crippen molar-refractivity contribution in [3.63, 3.8) is 0 Å². The monoisotopic (exact) mass is 248 g/mol. The van der Waals surface area contributed by atoms with E-state index in [-0.39, 0.29) is 0 Å².